The van der Waals surface area contributed by atoms with E-state index in [1.165, 1.54) is 0 Å². The number of nitrogens with zero attached hydrogens (tertiary/aromatic N) is 1. The average Bonchev–Trinajstić information content (AvgIpc) is 2.61. The number of anilines is 1. The van der Waals surface area contributed by atoms with Crippen LogP contribution in [-0.4, -0.2) is 18.9 Å². The fourth-order valence-corrected chi connectivity index (χ4v) is 2.13. The molecule has 0 saturated heterocycles. The molecule has 0 aliphatic heterocycles. The molecule has 1 unspecified atom stereocenters. The molecule has 0 radical (unpaired) electrons. The Balaban J connectivity index is 2.08. The number of rotatable bonds is 5. The number of carbonyl (C=O) groups excluding carboxylic acids is 2. The maximum atomic E-state index is 12.5. The first-order chi connectivity index (χ1) is 11.4. The van der Waals surface area contributed by atoms with Crippen molar-refractivity contribution in [2.24, 2.45) is 5.92 Å². The summed E-state index contributed by atoms with van der Waals surface area (Å²) in [6.45, 7) is 5.77. The summed E-state index contributed by atoms with van der Waals surface area (Å²) < 4.78 is 5.32. The van der Waals surface area contributed by atoms with E-state index in [9.17, 15) is 9.59 Å². The van der Waals surface area contributed by atoms with Crippen LogP contribution in [0.2, 0.25) is 0 Å². The third-order valence-electron chi connectivity index (χ3n) is 4.06. The number of hydrogen-bond acceptors (Lipinski definition) is 3. The fourth-order valence-electron chi connectivity index (χ4n) is 2.13. The van der Waals surface area contributed by atoms with Gasteiger partial charge in [-0.05, 0) is 49.7 Å². The lowest BCUT2D eigenvalue weighted by atomic mass is 10.1. The van der Waals surface area contributed by atoms with Crippen LogP contribution in [-0.2, 0) is 4.79 Å². The van der Waals surface area contributed by atoms with Crippen LogP contribution in [0.25, 0.3) is 0 Å². The first-order valence-corrected chi connectivity index (χ1v) is 8.09. The van der Waals surface area contributed by atoms with Gasteiger partial charge in [-0.2, -0.15) is 0 Å². The van der Waals surface area contributed by atoms with E-state index in [2.05, 4.69) is 0 Å². The van der Waals surface area contributed by atoms with Crippen molar-refractivity contribution in [3.8, 4) is 5.75 Å². The SMILES string of the molecule is CCC(C)C(=O)Oc1ccc(N(C)C(=O)c2ccc(C)cc2)cc1. The Hall–Kier alpha value is -2.62. The van der Waals surface area contributed by atoms with Gasteiger partial charge in [0.05, 0.1) is 5.92 Å². The summed E-state index contributed by atoms with van der Waals surface area (Å²) in [6, 6.07) is 14.4. The van der Waals surface area contributed by atoms with E-state index in [1.807, 2.05) is 45.0 Å². The minimum atomic E-state index is -0.241. The van der Waals surface area contributed by atoms with Crippen molar-refractivity contribution in [1.29, 1.82) is 0 Å². The van der Waals surface area contributed by atoms with Gasteiger partial charge in [0.25, 0.3) is 5.91 Å². The molecule has 24 heavy (non-hydrogen) atoms. The Morgan fingerprint density at radius 2 is 1.62 bits per heavy atom. The molecular weight excluding hydrogens is 302 g/mol. The van der Waals surface area contributed by atoms with Gasteiger partial charge in [0.15, 0.2) is 0 Å². The van der Waals surface area contributed by atoms with E-state index < -0.39 is 0 Å². The molecule has 0 fully saturated rings. The number of carbonyl (C=O) groups is 2. The molecule has 0 aliphatic rings. The first kappa shape index (κ1) is 17.7. The summed E-state index contributed by atoms with van der Waals surface area (Å²) in [5.41, 5.74) is 2.49. The Bertz CT molecular complexity index is 705. The van der Waals surface area contributed by atoms with Crippen molar-refractivity contribution >= 4 is 17.6 Å². The molecule has 2 aromatic carbocycles. The number of amides is 1. The van der Waals surface area contributed by atoms with Gasteiger partial charge < -0.3 is 9.64 Å². The van der Waals surface area contributed by atoms with E-state index in [0.717, 1.165) is 17.7 Å². The lowest BCUT2D eigenvalue weighted by Gasteiger charge is -2.18. The van der Waals surface area contributed by atoms with Gasteiger partial charge in [0.2, 0.25) is 0 Å². The second-order valence-corrected chi connectivity index (χ2v) is 5.95. The molecule has 4 nitrogen and oxygen atoms in total. The molecule has 1 atom stereocenters. The van der Waals surface area contributed by atoms with E-state index in [4.69, 9.17) is 4.74 Å². The third kappa shape index (κ3) is 4.22. The molecule has 2 aromatic rings. The molecule has 2 rings (SSSR count). The van der Waals surface area contributed by atoms with Crippen LogP contribution in [0.3, 0.4) is 0 Å². The Morgan fingerprint density at radius 1 is 1.04 bits per heavy atom. The molecule has 1 amide bonds. The summed E-state index contributed by atoms with van der Waals surface area (Å²) in [5.74, 6) is 0.0318. The van der Waals surface area contributed by atoms with E-state index in [1.54, 1.807) is 36.2 Å². The fraction of sp³-hybridized carbons (Fsp3) is 0.300. The molecular formula is C20H23NO3. The van der Waals surface area contributed by atoms with Gasteiger partial charge in [-0.3, -0.25) is 9.59 Å². The second kappa shape index (κ2) is 7.77. The smallest absolute Gasteiger partial charge is 0.314 e. The molecule has 0 aromatic heterocycles. The standard InChI is InChI=1S/C20H23NO3/c1-5-15(3)20(23)24-18-12-10-17(11-13-18)21(4)19(22)16-8-6-14(2)7-9-16/h6-13,15H,5H2,1-4H3. The lowest BCUT2D eigenvalue weighted by Crippen LogP contribution is -2.26. The maximum Gasteiger partial charge on any atom is 0.314 e. The normalized spacial score (nSPS) is 11.7. The van der Waals surface area contributed by atoms with Crippen molar-refractivity contribution in [3.05, 3.63) is 59.7 Å². The van der Waals surface area contributed by atoms with E-state index >= 15 is 0 Å². The monoisotopic (exact) mass is 325 g/mol. The summed E-state index contributed by atoms with van der Waals surface area (Å²) >= 11 is 0. The van der Waals surface area contributed by atoms with Gasteiger partial charge in [0, 0.05) is 18.3 Å². The van der Waals surface area contributed by atoms with Crippen LogP contribution >= 0.6 is 0 Å². The first-order valence-electron chi connectivity index (χ1n) is 8.09. The third-order valence-corrected chi connectivity index (χ3v) is 4.06. The molecule has 126 valence electrons. The van der Waals surface area contributed by atoms with Crippen molar-refractivity contribution in [2.75, 3.05) is 11.9 Å². The average molecular weight is 325 g/mol. The van der Waals surface area contributed by atoms with Crippen LogP contribution in [0.1, 0.15) is 36.2 Å². The van der Waals surface area contributed by atoms with Crippen molar-refractivity contribution < 1.29 is 14.3 Å². The van der Waals surface area contributed by atoms with Gasteiger partial charge in [-0.1, -0.05) is 31.5 Å². The highest BCUT2D eigenvalue weighted by molar-refractivity contribution is 6.05. The quantitative estimate of drug-likeness (QED) is 0.611. The van der Waals surface area contributed by atoms with Crippen molar-refractivity contribution in [1.82, 2.24) is 0 Å². The van der Waals surface area contributed by atoms with Gasteiger partial charge >= 0.3 is 5.97 Å². The number of aryl methyl sites for hydroxylation is 1. The Labute approximate surface area is 143 Å². The number of ether oxygens (including phenoxy) is 1. The zero-order chi connectivity index (χ0) is 17.7. The topological polar surface area (TPSA) is 46.6 Å². The molecule has 0 spiro atoms. The molecule has 0 aliphatic carbocycles. The zero-order valence-corrected chi connectivity index (χ0v) is 14.6. The minimum absolute atomic E-state index is 0.0839. The van der Waals surface area contributed by atoms with Crippen molar-refractivity contribution in [3.63, 3.8) is 0 Å². The van der Waals surface area contributed by atoms with Crippen LogP contribution in [0, 0.1) is 12.8 Å². The number of esters is 1. The summed E-state index contributed by atoms with van der Waals surface area (Å²) in [5, 5.41) is 0. The highest BCUT2D eigenvalue weighted by atomic mass is 16.5. The minimum Gasteiger partial charge on any atom is -0.426 e. The maximum absolute atomic E-state index is 12.5. The van der Waals surface area contributed by atoms with Crippen LogP contribution < -0.4 is 9.64 Å². The van der Waals surface area contributed by atoms with Gasteiger partial charge in [-0.15, -0.1) is 0 Å². The molecule has 0 N–H and O–H groups in total. The lowest BCUT2D eigenvalue weighted by molar-refractivity contribution is -0.138. The van der Waals surface area contributed by atoms with E-state index in [0.29, 0.717) is 11.3 Å². The summed E-state index contributed by atoms with van der Waals surface area (Å²) in [7, 11) is 1.72. The Morgan fingerprint density at radius 3 is 2.17 bits per heavy atom. The molecule has 0 saturated carbocycles. The largest absolute Gasteiger partial charge is 0.426 e. The summed E-state index contributed by atoms with van der Waals surface area (Å²) in [6.07, 6.45) is 0.741. The summed E-state index contributed by atoms with van der Waals surface area (Å²) in [4.78, 5) is 25.9. The zero-order valence-electron chi connectivity index (χ0n) is 14.6. The molecule has 0 bridgehead atoms. The van der Waals surface area contributed by atoms with Gasteiger partial charge in [-0.25, -0.2) is 0 Å². The van der Waals surface area contributed by atoms with Crippen LogP contribution in [0.15, 0.2) is 48.5 Å². The van der Waals surface area contributed by atoms with E-state index in [-0.39, 0.29) is 17.8 Å². The molecule has 4 heteroatoms. The van der Waals surface area contributed by atoms with Crippen LogP contribution in [0.4, 0.5) is 5.69 Å². The number of benzene rings is 2. The second-order valence-electron chi connectivity index (χ2n) is 5.95. The predicted molar refractivity (Wildman–Crippen MR) is 95.4 cm³/mol. The van der Waals surface area contributed by atoms with Gasteiger partial charge in [0.1, 0.15) is 5.75 Å². The predicted octanol–water partition coefficient (Wildman–Crippen LogP) is 4.22. The highest BCUT2D eigenvalue weighted by Gasteiger charge is 2.15. The Kier molecular flexibility index (Phi) is 5.74. The number of hydrogen-bond donors (Lipinski definition) is 0. The highest BCUT2D eigenvalue weighted by Crippen LogP contribution is 2.21. The van der Waals surface area contributed by atoms with Crippen molar-refractivity contribution in [2.45, 2.75) is 27.2 Å². The van der Waals surface area contributed by atoms with Crippen LogP contribution in [0.5, 0.6) is 5.75 Å². The molecule has 0 heterocycles.